The number of hydrogen-bond acceptors (Lipinski definition) is 1. The molecule has 0 heterocycles. The highest BCUT2D eigenvalue weighted by atomic mass is 15.1. The largest absolute Gasteiger partial charge is 0.310 e. The number of fused-ring (bicyclic) bond motifs is 4. The summed E-state index contributed by atoms with van der Waals surface area (Å²) in [6.07, 6.45) is 0. The quantitative estimate of drug-likeness (QED) is 0.194. The van der Waals surface area contributed by atoms with E-state index < -0.39 is 0 Å². The van der Waals surface area contributed by atoms with Gasteiger partial charge in [0.2, 0.25) is 0 Å². The third-order valence-electron chi connectivity index (χ3n) is 8.45. The number of benzene rings is 8. The van der Waals surface area contributed by atoms with E-state index in [0.29, 0.717) is 0 Å². The van der Waals surface area contributed by atoms with Crippen molar-refractivity contribution in [2.24, 2.45) is 0 Å². The molecule has 0 amide bonds. The lowest BCUT2D eigenvalue weighted by atomic mass is 9.96. The van der Waals surface area contributed by atoms with Gasteiger partial charge in [-0.25, -0.2) is 0 Å². The molecule has 0 fully saturated rings. The lowest BCUT2D eigenvalue weighted by Gasteiger charge is -2.28. The molecule has 1 nitrogen and oxygen atoms in total. The highest BCUT2D eigenvalue weighted by molar-refractivity contribution is 6.10. The Morgan fingerprint density at radius 1 is 0.302 bits per heavy atom. The van der Waals surface area contributed by atoms with E-state index in [1.54, 1.807) is 0 Å². The second-order valence-corrected chi connectivity index (χ2v) is 11.0. The lowest BCUT2D eigenvalue weighted by Crippen LogP contribution is -2.10. The van der Waals surface area contributed by atoms with Crippen LogP contribution in [0, 0.1) is 0 Å². The Labute approximate surface area is 251 Å². The zero-order chi connectivity index (χ0) is 28.6. The molecule has 43 heavy (non-hydrogen) atoms. The molecule has 0 saturated carbocycles. The van der Waals surface area contributed by atoms with E-state index in [-0.39, 0.29) is 0 Å². The summed E-state index contributed by atoms with van der Waals surface area (Å²) < 4.78 is 0. The van der Waals surface area contributed by atoms with Gasteiger partial charge >= 0.3 is 0 Å². The maximum Gasteiger partial charge on any atom is 0.0540 e. The molecule has 8 aromatic rings. The molecule has 0 atom stereocenters. The van der Waals surface area contributed by atoms with Crippen molar-refractivity contribution >= 4 is 49.4 Å². The standard InChI is InChI=1S/C42H29N/c1-3-11-30(12-4-1)31-21-24-35(25-22-31)43(36-26-23-34-20-19-33-15-7-8-16-37(33)41(34)29-36)42-28-27-38(32-13-5-2-6-14-32)39-17-9-10-18-40(39)42/h1-29H. The number of rotatable bonds is 5. The van der Waals surface area contributed by atoms with Crippen molar-refractivity contribution < 1.29 is 0 Å². The predicted molar refractivity (Wildman–Crippen MR) is 185 cm³/mol. The summed E-state index contributed by atoms with van der Waals surface area (Å²) in [6.45, 7) is 0. The Balaban J connectivity index is 1.36. The summed E-state index contributed by atoms with van der Waals surface area (Å²) >= 11 is 0. The van der Waals surface area contributed by atoms with Crippen LogP contribution in [-0.4, -0.2) is 0 Å². The van der Waals surface area contributed by atoms with Gasteiger partial charge < -0.3 is 4.90 Å². The maximum atomic E-state index is 2.41. The van der Waals surface area contributed by atoms with E-state index in [9.17, 15) is 0 Å². The van der Waals surface area contributed by atoms with Gasteiger partial charge in [0.1, 0.15) is 0 Å². The molecule has 0 saturated heterocycles. The molecular formula is C42H29N. The van der Waals surface area contributed by atoms with E-state index in [1.165, 1.54) is 54.6 Å². The van der Waals surface area contributed by atoms with Gasteiger partial charge in [0.25, 0.3) is 0 Å². The minimum atomic E-state index is 1.12. The summed E-state index contributed by atoms with van der Waals surface area (Å²) in [5.41, 5.74) is 8.30. The first-order chi connectivity index (χ1) is 21.3. The Kier molecular flexibility index (Phi) is 6.20. The first-order valence-corrected chi connectivity index (χ1v) is 14.8. The predicted octanol–water partition coefficient (Wildman–Crippen LogP) is 11.9. The average Bonchev–Trinajstić information content (AvgIpc) is 3.09. The molecule has 0 N–H and O–H groups in total. The van der Waals surface area contributed by atoms with Crippen molar-refractivity contribution in [2.75, 3.05) is 4.90 Å². The Bertz CT molecular complexity index is 2220. The van der Waals surface area contributed by atoms with E-state index in [2.05, 4.69) is 181 Å². The van der Waals surface area contributed by atoms with Crippen LogP contribution in [0.25, 0.3) is 54.6 Å². The Morgan fingerprint density at radius 2 is 0.837 bits per heavy atom. The molecule has 0 aliphatic rings. The monoisotopic (exact) mass is 547 g/mol. The SMILES string of the molecule is c1ccc(-c2ccc(N(c3ccc4ccc5ccccc5c4c3)c3ccc(-c4ccccc4)c4ccccc34)cc2)cc1. The van der Waals surface area contributed by atoms with Gasteiger partial charge in [-0.2, -0.15) is 0 Å². The van der Waals surface area contributed by atoms with Gasteiger partial charge in [-0.15, -0.1) is 0 Å². The summed E-state index contributed by atoms with van der Waals surface area (Å²) in [5.74, 6) is 0. The minimum absolute atomic E-state index is 1.12. The lowest BCUT2D eigenvalue weighted by molar-refractivity contribution is 1.30. The van der Waals surface area contributed by atoms with Gasteiger partial charge in [-0.05, 0) is 79.5 Å². The molecule has 1 heteroatoms. The van der Waals surface area contributed by atoms with Crippen molar-refractivity contribution in [3.8, 4) is 22.3 Å². The van der Waals surface area contributed by atoms with Crippen molar-refractivity contribution in [1.29, 1.82) is 0 Å². The van der Waals surface area contributed by atoms with Crippen LogP contribution >= 0.6 is 0 Å². The van der Waals surface area contributed by atoms with Crippen LogP contribution in [-0.2, 0) is 0 Å². The average molecular weight is 548 g/mol. The summed E-state index contributed by atoms with van der Waals surface area (Å²) in [6, 6.07) is 63.5. The van der Waals surface area contributed by atoms with Gasteiger partial charge in [0, 0.05) is 16.8 Å². The van der Waals surface area contributed by atoms with E-state index in [4.69, 9.17) is 0 Å². The fourth-order valence-corrected chi connectivity index (χ4v) is 6.34. The van der Waals surface area contributed by atoms with Gasteiger partial charge in [-0.3, -0.25) is 0 Å². The molecule has 0 unspecified atom stereocenters. The second kappa shape index (κ2) is 10.6. The highest BCUT2D eigenvalue weighted by Crippen LogP contribution is 2.43. The summed E-state index contributed by atoms with van der Waals surface area (Å²) in [4.78, 5) is 2.41. The van der Waals surface area contributed by atoms with Crippen LogP contribution in [0.3, 0.4) is 0 Å². The topological polar surface area (TPSA) is 3.24 Å². The van der Waals surface area contributed by atoms with Crippen LogP contribution in [0.1, 0.15) is 0 Å². The summed E-state index contributed by atoms with van der Waals surface area (Å²) in [5, 5.41) is 7.48. The van der Waals surface area contributed by atoms with Crippen LogP contribution in [0.2, 0.25) is 0 Å². The second-order valence-electron chi connectivity index (χ2n) is 11.0. The van der Waals surface area contributed by atoms with Gasteiger partial charge in [-0.1, -0.05) is 146 Å². The Morgan fingerprint density at radius 3 is 1.58 bits per heavy atom. The molecule has 8 aromatic carbocycles. The third-order valence-corrected chi connectivity index (χ3v) is 8.45. The summed E-state index contributed by atoms with van der Waals surface area (Å²) in [7, 11) is 0. The van der Waals surface area contributed by atoms with Gasteiger partial charge in [0.05, 0.1) is 5.69 Å². The molecule has 0 aromatic heterocycles. The smallest absolute Gasteiger partial charge is 0.0540 e. The molecule has 0 aliphatic heterocycles. The molecule has 202 valence electrons. The van der Waals surface area contributed by atoms with E-state index >= 15 is 0 Å². The minimum Gasteiger partial charge on any atom is -0.310 e. The maximum absolute atomic E-state index is 2.41. The Hall–Kier alpha value is -5.66. The fourth-order valence-electron chi connectivity index (χ4n) is 6.34. The molecular weight excluding hydrogens is 518 g/mol. The van der Waals surface area contributed by atoms with Crippen molar-refractivity contribution in [2.45, 2.75) is 0 Å². The van der Waals surface area contributed by atoms with Crippen LogP contribution in [0.5, 0.6) is 0 Å². The highest BCUT2D eigenvalue weighted by Gasteiger charge is 2.18. The first kappa shape index (κ1) is 25.1. The zero-order valence-electron chi connectivity index (χ0n) is 23.7. The first-order valence-electron chi connectivity index (χ1n) is 14.8. The fraction of sp³-hybridized carbons (Fsp3) is 0. The van der Waals surface area contributed by atoms with E-state index in [1.807, 2.05) is 0 Å². The van der Waals surface area contributed by atoms with Crippen molar-refractivity contribution in [1.82, 2.24) is 0 Å². The normalized spacial score (nSPS) is 11.3. The molecule has 0 radical (unpaired) electrons. The van der Waals surface area contributed by atoms with Crippen LogP contribution in [0.15, 0.2) is 176 Å². The van der Waals surface area contributed by atoms with Crippen LogP contribution < -0.4 is 4.90 Å². The number of nitrogens with zero attached hydrogens (tertiary/aromatic N) is 1. The van der Waals surface area contributed by atoms with Crippen LogP contribution in [0.4, 0.5) is 17.1 Å². The van der Waals surface area contributed by atoms with Crippen molar-refractivity contribution in [3.63, 3.8) is 0 Å². The molecule has 0 spiro atoms. The molecule has 8 rings (SSSR count). The number of anilines is 3. The molecule has 0 bridgehead atoms. The zero-order valence-corrected chi connectivity index (χ0v) is 23.7. The molecule has 0 aliphatic carbocycles. The third kappa shape index (κ3) is 4.52. The van der Waals surface area contributed by atoms with Crippen molar-refractivity contribution in [3.05, 3.63) is 176 Å². The number of hydrogen-bond donors (Lipinski definition) is 0. The van der Waals surface area contributed by atoms with Gasteiger partial charge in [0.15, 0.2) is 0 Å². The van der Waals surface area contributed by atoms with E-state index in [0.717, 1.165) is 17.1 Å².